The highest BCUT2D eigenvalue weighted by Gasteiger charge is 2.50. The monoisotopic (exact) mass is 381 g/mol. The Kier molecular flexibility index (Phi) is 6.15. The number of aliphatic hydroxyl groups is 3. The lowest BCUT2D eigenvalue weighted by Gasteiger charge is -2.57. The van der Waals surface area contributed by atoms with Crippen LogP contribution in [0.1, 0.15) is 64.2 Å². The van der Waals surface area contributed by atoms with Gasteiger partial charge in [-0.15, -0.1) is 0 Å². The summed E-state index contributed by atoms with van der Waals surface area (Å²) < 4.78 is 5.89. The van der Waals surface area contributed by atoms with Crippen LogP contribution in [0.2, 0.25) is 0 Å². The molecule has 4 saturated carbocycles. The summed E-state index contributed by atoms with van der Waals surface area (Å²) in [5.74, 6) is 3.12. The van der Waals surface area contributed by atoms with Crippen LogP contribution in [0.3, 0.4) is 0 Å². The third kappa shape index (κ3) is 4.23. The van der Waals surface area contributed by atoms with E-state index in [1.165, 1.54) is 57.8 Å². The molecule has 1 heterocycles. The second-order valence-corrected chi connectivity index (χ2v) is 10.3. The number of ether oxygens (including phenoxy) is 1. The highest BCUT2D eigenvalue weighted by atomic mass is 16.5. The van der Waals surface area contributed by atoms with Crippen LogP contribution >= 0.6 is 0 Å². The molecule has 0 spiro atoms. The summed E-state index contributed by atoms with van der Waals surface area (Å²) in [6, 6.07) is -0.403. The second kappa shape index (κ2) is 8.27. The van der Waals surface area contributed by atoms with E-state index < -0.39 is 18.2 Å². The number of likely N-dealkylation sites (tertiary alicyclic amines) is 1. The summed E-state index contributed by atoms with van der Waals surface area (Å²) in [6.45, 7) is 1.05. The summed E-state index contributed by atoms with van der Waals surface area (Å²) in [7, 11) is 1.86. The van der Waals surface area contributed by atoms with Crippen LogP contribution in [-0.2, 0) is 4.74 Å². The smallest absolute Gasteiger partial charge is 0.109 e. The first-order valence-electron chi connectivity index (χ1n) is 11.3. The maximum Gasteiger partial charge on any atom is 0.109 e. The second-order valence-electron chi connectivity index (χ2n) is 10.3. The first-order chi connectivity index (χ1) is 13.0. The molecule has 0 aromatic heterocycles. The molecule has 5 rings (SSSR count). The van der Waals surface area contributed by atoms with Gasteiger partial charge in [-0.3, -0.25) is 4.90 Å². The highest BCUT2D eigenvalue weighted by molar-refractivity contribution is 5.01. The minimum atomic E-state index is -0.949. The Bertz CT molecular complexity index is 463. The van der Waals surface area contributed by atoms with Crippen molar-refractivity contribution >= 4 is 0 Å². The summed E-state index contributed by atoms with van der Waals surface area (Å²) in [4.78, 5) is 1.88. The van der Waals surface area contributed by atoms with Gasteiger partial charge in [-0.05, 0) is 81.6 Å². The topological polar surface area (TPSA) is 73.2 Å². The number of hydrogen-bond acceptors (Lipinski definition) is 5. The first kappa shape index (κ1) is 20.1. The average Bonchev–Trinajstić information content (AvgIpc) is 2.61. The van der Waals surface area contributed by atoms with E-state index in [9.17, 15) is 15.3 Å². The van der Waals surface area contributed by atoms with Crippen molar-refractivity contribution in [1.82, 2.24) is 4.90 Å². The summed E-state index contributed by atoms with van der Waals surface area (Å²) in [6.07, 6.45) is 11.8. The van der Waals surface area contributed by atoms with Gasteiger partial charge in [-0.25, -0.2) is 0 Å². The van der Waals surface area contributed by atoms with Gasteiger partial charge in [0.25, 0.3) is 0 Å². The third-order valence-corrected chi connectivity index (χ3v) is 8.19. The molecule has 0 radical (unpaired) electrons. The van der Waals surface area contributed by atoms with Crippen LogP contribution in [0.4, 0.5) is 0 Å². The van der Waals surface area contributed by atoms with Gasteiger partial charge >= 0.3 is 0 Å². The van der Waals surface area contributed by atoms with Gasteiger partial charge in [0, 0.05) is 13.2 Å². The fourth-order valence-corrected chi connectivity index (χ4v) is 7.24. The van der Waals surface area contributed by atoms with Crippen molar-refractivity contribution in [2.24, 2.45) is 23.2 Å². The Labute approximate surface area is 164 Å². The van der Waals surface area contributed by atoms with Crippen LogP contribution in [-0.4, -0.2) is 71.4 Å². The van der Waals surface area contributed by atoms with E-state index in [4.69, 9.17) is 4.74 Å². The number of hydrogen-bond donors (Lipinski definition) is 3. The Hall–Kier alpha value is -0.200. The Morgan fingerprint density at radius 3 is 2.15 bits per heavy atom. The van der Waals surface area contributed by atoms with E-state index in [0.717, 1.165) is 24.2 Å². The Balaban J connectivity index is 1.14. The van der Waals surface area contributed by atoms with Crippen LogP contribution in [0, 0.1) is 23.2 Å². The van der Waals surface area contributed by atoms with E-state index in [1.54, 1.807) is 0 Å². The molecule has 4 aliphatic carbocycles. The van der Waals surface area contributed by atoms with E-state index >= 15 is 0 Å². The largest absolute Gasteiger partial charge is 0.395 e. The zero-order valence-electron chi connectivity index (χ0n) is 16.9. The number of likely N-dealkylation sites (N-methyl/N-ethyl adjacent to an activating group) is 1. The summed E-state index contributed by atoms with van der Waals surface area (Å²) >= 11 is 0. The van der Waals surface area contributed by atoms with E-state index in [0.29, 0.717) is 18.6 Å². The van der Waals surface area contributed by atoms with Crippen molar-refractivity contribution < 1.29 is 20.1 Å². The molecule has 0 unspecified atom stereocenters. The van der Waals surface area contributed by atoms with Crippen molar-refractivity contribution in [2.45, 2.75) is 88.6 Å². The molecule has 4 atom stereocenters. The number of unbranched alkanes of at least 4 members (excludes halogenated alkanes) is 2. The van der Waals surface area contributed by atoms with Crippen LogP contribution in [0.5, 0.6) is 0 Å². The average molecular weight is 382 g/mol. The molecule has 3 N–H and O–H groups in total. The fraction of sp³-hybridized carbons (Fsp3) is 1.00. The van der Waals surface area contributed by atoms with Crippen LogP contribution < -0.4 is 0 Å². The molecule has 5 fully saturated rings. The van der Waals surface area contributed by atoms with E-state index in [1.807, 2.05) is 11.9 Å². The zero-order chi connectivity index (χ0) is 19.0. The molecule has 1 saturated heterocycles. The molecular weight excluding hydrogens is 342 g/mol. The zero-order valence-corrected chi connectivity index (χ0v) is 16.9. The summed E-state index contributed by atoms with van der Waals surface area (Å²) in [5.41, 5.74) is 0.682. The lowest BCUT2D eigenvalue weighted by molar-refractivity contribution is -0.158. The van der Waals surface area contributed by atoms with Crippen molar-refractivity contribution in [3.63, 3.8) is 0 Å². The van der Waals surface area contributed by atoms with Gasteiger partial charge in [0.1, 0.15) is 12.2 Å². The van der Waals surface area contributed by atoms with Crippen LogP contribution in [0.25, 0.3) is 0 Å². The fourth-order valence-electron chi connectivity index (χ4n) is 7.24. The molecule has 0 aromatic rings. The van der Waals surface area contributed by atoms with Gasteiger partial charge in [-0.2, -0.15) is 0 Å². The van der Waals surface area contributed by atoms with Crippen molar-refractivity contribution in [3.05, 3.63) is 0 Å². The minimum Gasteiger partial charge on any atom is -0.395 e. The molecule has 4 bridgehead atoms. The predicted molar refractivity (Wildman–Crippen MR) is 104 cm³/mol. The third-order valence-electron chi connectivity index (χ3n) is 8.19. The number of nitrogens with zero attached hydrogens (tertiary/aromatic N) is 1. The first-order valence-corrected chi connectivity index (χ1v) is 11.3. The SMILES string of the molecule is CN1C[C@H](OCCCCCC23CC4CC(CC(C4)C2)C3)[C@@H](O)[C@H](O)[C@H]1CO. The normalized spacial score (nSPS) is 46.9. The molecular formula is C22H39NO4. The number of rotatable bonds is 8. The molecule has 0 amide bonds. The van der Waals surface area contributed by atoms with E-state index in [-0.39, 0.29) is 12.7 Å². The summed E-state index contributed by atoms with van der Waals surface area (Å²) in [5, 5.41) is 29.7. The molecule has 1 aliphatic heterocycles. The lowest BCUT2D eigenvalue weighted by Crippen LogP contribution is -2.61. The minimum absolute atomic E-state index is 0.147. The van der Waals surface area contributed by atoms with Gasteiger partial charge in [0.15, 0.2) is 0 Å². The van der Waals surface area contributed by atoms with E-state index in [2.05, 4.69) is 0 Å². The number of piperidine rings is 1. The van der Waals surface area contributed by atoms with Crippen molar-refractivity contribution in [3.8, 4) is 0 Å². The Morgan fingerprint density at radius 1 is 0.926 bits per heavy atom. The van der Waals surface area contributed by atoms with Gasteiger partial charge < -0.3 is 20.1 Å². The maximum absolute atomic E-state index is 10.2. The molecule has 5 aliphatic rings. The van der Waals surface area contributed by atoms with Gasteiger partial charge in [0.05, 0.1) is 18.8 Å². The molecule has 0 aromatic carbocycles. The number of aliphatic hydroxyl groups excluding tert-OH is 3. The lowest BCUT2D eigenvalue weighted by atomic mass is 9.48. The van der Waals surface area contributed by atoms with Gasteiger partial charge in [-0.1, -0.05) is 12.8 Å². The highest BCUT2D eigenvalue weighted by Crippen LogP contribution is 2.61. The molecule has 5 heteroatoms. The maximum atomic E-state index is 10.2. The molecule has 27 heavy (non-hydrogen) atoms. The van der Waals surface area contributed by atoms with Crippen LogP contribution in [0.15, 0.2) is 0 Å². The Morgan fingerprint density at radius 2 is 1.56 bits per heavy atom. The standard InChI is InChI=1S/C22H39NO4/c1-23-13-19(21(26)20(25)18(23)14-24)27-6-4-2-3-5-22-10-15-7-16(11-22)9-17(8-15)12-22/h15-21,24-26H,2-14H2,1H3/t15?,16?,17?,18-,19+,20-,21-,22?/m1/s1. The van der Waals surface area contributed by atoms with Crippen molar-refractivity contribution in [2.75, 3.05) is 26.8 Å². The quantitative estimate of drug-likeness (QED) is 0.562. The van der Waals surface area contributed by atoms with Gasteiger partial charge in [0.2, 0.25) is 0 Å². The predicted octanol–water partition coefficient (Wildman–Crippen LogP) is 2.18. The molecule has 5 nitrogen and oxygen atoms in total. The van der Waals surface area contributed by atoms with Crippen molar-refractivity contribution in [1.29, 1.82) is 0 Å². The molecule has 156 valence electrons.